The van der Waals surface area contributed by atoms with Crippen LogP contribution in [0.1, 0.15) is 58.4 Å². The van der Waals surface area contributed by atoms with Crippen molar-refractivity contribution in [1.82, 2.24) is 10.3 Å². The molecule has 2 rings (SSSR count). The molecule has 2 aromatic rings. The van der Waals surface area contributed by atoms with E-state index in [1.807, 2.05) is 6.07 Å². The predicted molar refractivity (Wildman–Crippen MR) is 121 cm³/mol. The maximum Gasteiger partial charge on any atom is 0.416 e. The molecule has 7 heteroatoms. The number of aliphatic carboxylic acids is 1. The highest BCUT2D eigenvalue weighted by molar-refractivity contribution is 5.92. The number of amides is 1. The second-order valence-corrected chi connectivity index (χ2v) is 9.50. The van der Waals surface area contributed by atoms with E-state index >= 15 is 0 Å². The van der Waals surface area contributed by atoms with Gasteiger partial charge >= 0.3 is 12.1 Å². The van der Waals surface area contributed by atoms with Gasteiger partial charge in [-0.3, -0.25) is 9.69 Å². The Hall–Kier alpha value is -2.93. The van der Waals surface area contributed by atoms with Gasteiger partial charge in [-0.25, -0.2) is 9.78 Å². The molecule has 0 aliphatic rings. The Morgan fingerprint density at radius 2 is 1.65 bits per heavy atom. The van der Waals surface area contributed by atoms with Crippen LogP contribution in [0, 0.1) is 0 Å². The van der Waals surface area contributed by atoms with Crippen molar-refractivity contribution in [2.75, 3.05) is 11.4 Å². The Morgan fingerprint density at radius 1 is 1.00 bits per heavy atom. The van der Waals surface area contributed by atoms with Crippen LogP contribution in [0.5, 0.6) is 0 Å². The highest BCUT2D eigenvalue weighted by Gasteiger charge is 2.26. The third kappa shape index (κ3) is 8.02. The minimum atomic E-state index is -1.14. The zero-order chi connectivity index (χ0) is 23.2. The Labute approximate surface area is 184 Å². The molecule has 0 saturated heterocycles. The molecule has 1 aromatic heterocycles. The number of benzene rings is 1. The summed E-state index contributed by atoms with van der Waals surface area (Å²) in [5.74, 6) is -0.902. The van der Waals surface area contributed by atoms with E-state index in [9.17, 15) is 14.7 Å². The zero-order valence-corrected chi connectivity index (χ0v) is 19.2. The van der Waals surface area contributed by atoms with Gasteiger partial charge in [-0.2, -0.15) is 0 Å². The molecule has 2 N–H and O–H groups in total. The Morgan fingerprint density at radius 3 is 2.19 bits per heavy atom. The third-order valence-corrected chi connectivity index (χ3v) is 4.43. The molecule has 7 nitrogen and oxygen atoms in total. The van der Waals surface area contributed by atoms with Crippen molar-refractivity contribution in [3.05, 3.63) is 59.3 Å². The maximum absolute atomic E-state index is 12.5. The number of nitrogens with zero attached hydrogens (tertiary/aromatic N) is 2. The molecule has 0 fully saturated rings. The van der Waals surface area contributed by atoms with Crippen LogP contribution >= 0.6 is 0 Å². The summed E-state index contributed by atoms with van der Waals surface area (Å²) in [5.41, 5.74) is 2.52. The average molecular weight is 428 g/mol. The van der Waals surface area contributed by atoms with E-state index in [-0.39, 0.29) is 11.2 Å². The lowest BCUT2D eigenvalue weighted by atomic mass is 9.87. The van der Waals surface area contributed by atoms with Crippen molar-refractivity contribution in [3.8, 4) is 0 Å². The fourth-order valence-electron chi connectivity index (χ4n) is 2.86. The summed E-state index contributed by atoms with van der Waals surface area (Å²) < 4.78 is 5.34. The van der Waals surface area contributed by atoms with Crippen LogP contribution in [0.2, 0.25) is 0 Å². The number of ether oxygens (including phenoxy) is 1. The first-order valence-electron chi connectivity index (χ1n) is 10.3. The molecule has 0 saturated carbocycles. The van der Waals surface area contributed by atoms with Gasteiger partial charge in [0.05, 0.1) is 5.69 Å². The summed E-state index contributed by atoms with van der Waals surface area (Å²) in [7, 11) is 0. The Bertz CT molecular complexity index is 896. The van der Waals surface area contributed by atoms with Gasteiger partial charge in [-0.15, -0.1) is 0 Å². The highest BCUT2D eigenvalue weighted by Crippen LogP contribution is 2.22. The van der Waals surface area contributed by atoms with Crippen LogP contribution in [0.4, 0.5) is 10.6 Å². The van der Waals surface area contributed by atoms with Crippen molar-refractivity contribution in [3.63, 3.8) is 0 Å². The van der Waals surface area contributed by atoms with E-state index in [4.69, 9.17) is 4.74 Å². The summed E-state index contributed by atoms with van der Waals surface area (Å²) in [5, 5.41) is 12.5. The van der Waals surface area contributed by atoms with Gasteiger partial charge in [-0.05, 0) is 49.4 Å². The number of rotatable bonds is 7. The second-order valence-electron chi connectivity index (χ2n) is 9.50. The zero-order valence-electron chi connectivity index (χ0n) is 19.2. The van der Waals surface area contributed by atoms with Crippen molar-refractivity contribution >= 4 is 17.9 Å². The molecular formula is C24H33N3O4. The first-order valence-corrected chi connectivity index (χ1v) is 10.3. The number of carboxylic acid groups (broad SMARTS) is 1. The number of carbonyl (C=O) groups is 2. The molecule has 1 amide bonds. The largest absolute Gasteiger partial charge is 0.480 e. The number of carbonyl (C=O) groups excluding carboxylic acids is 1. The lowest BCUT2D eigenvalue weighted by Crippen LogP contribution is -2.40. The monoisotopic (exact) mass is 427 g/mol. The molecule has 0 aliphatic heterocycles. The molecule has 0 bridgehead atoms. The normalized spacial score (nSPS) is 11.8. The minimum Gasteiger partial charge on any atom is -0.480 e. The van der Waals surface area contributed by atoms with E-state index in [0.29, 0.717) is 18.8 Å². The van der Waals surface area contributed by atoms with Gasteiger partial charge in [0.1, 0.15) is 18.0 Å². The van der Waals surface area contributed by atoms with Crippen LogP contribution in [0.3, 0.4) is 0 Å². The number of hydrogen-bond acceptors (Lipinski definition) is 5. The molecule has 0 radical (unpaired) electrons. The number of aromatic nitrogens is 1. The van der Waals surface area contributed by atoms with E-state index in [1.165, 1.54) is 5.56 Å². The van der Waals surface area contributed by atoms with Crippen LogP contribution in [-0.2, 0) is 28.0 Å². The standard InChI is InChI=1S/C24H33N3O4/c1-23(2,3)18-12-10-17(11-13-18)14-25-15-19-8-7-9-20(26-19)27(16-21(28)29)22(30)31-24(4,5)6/h7-13,25H,14-16H2,1-6H3,(H,28,29). The molecular weight excluding hydrogens is 394 g/mol. The molecule has 1 heterocycles. The molecule has 0 aliphatic carbocycles. The number of carboxylic acids is 1. The fourth-order valence-corrected chi connectivity index (χ4v) is 2.86. The van der Waals surface area contributed by atoms with Gasteiger partial charge in [0.15, 0.2) is 0 Å². The molecule has 1 aromatic carbocycles. The number of nitrogens with one attached hydrogen (secondary N) is 1. The summed E-state index contributed by atoms with van der Waals surface area (Å²) in [6.45, 7) is 12.4. The van der Waals surface area contributed by atoms with E-state index in [2.05, 4.69) is 55.3 Å². The van der Waals surface area contributed by atoms with Crippen molar-refractivity contribution in [2.45, 2.75) is 65.6 Å². The SMILES string of the molecule is CC(C)(C)OC(=O)N(CC(=O)O)c1cccc(CNCc2ccc(C(C)(C)C)cc2)n1. The van der Waals surface area contributed by atoms with E-state index in [0.717, 1.165) is 10.5 Å². The van der Waals surface area contributed by atoms with Gasteiger partial charge in [0.25, 0.3) is 0 Å². The molecule has 0 unspecified atom stereocenters. The van der Waals surface area contributed by atoms with Gasteiger partial charge < -0.3 is 15.2 Å². The van der Waals surface area contributed by atoms with E-state index < -0.39 is 24.2 Å². The average Bonchev–Trinajstić information content (AvgIpc) is 2.64. The number of pyridine rings is 1. The highest BCUT2D eigenvalue weighted by atomic mass is 16.6. The summed E-state index contributed by atoms with van der Waals surface area (Å²) in [6, 6.07) is 13.7. The van der Waals surface area contributed by atoms with Crippen LogP contribution < -0.4 is 10.2 Å². The number of anilines is 1. The Kier molecular flexibility index (Phi) is 7.79. The predicted octanol–water partition coefficient (Wildman–Crippen LogP) is 4.50. The molecule has 31 heavy (non-hydrogen) atoms. The van der Waals surface area contributed by atoms with Crippen molar-refractivity contribution < 1.29 is 19.4 Å². The third-order valence-electron chi connectivity index (χ3n) is 4.43. The van der Waals surface area contributed by atoms with Crippen LogP contribution in [-0.4, -0.2) is 34.3 Å². The van der Waals surface area contributed by atoms with Gasteiger partial charge in [0.2, 0.25) is 0 Å². The molecule has 168 valence electrons. The van der Waals surface area contributed by atoms with Gasteiger partial charge in [-0.1, -0.05) is 51.1 Å². The van der Waals surface area contributed by atoms with Crippen molar-refractivity contribution in [2.24, 2.45) is 0 Å². The van der Waals surface area contributed by atoms with Crippen molar-refractivity contribution in [1.29, 1.82) is 0 Å². The Balaban J connectivity index is 2.05. The van der Waals surface area contributed by atoms with Crippen LogP contribution in [0.15, 0.2) is 42.5 Å². The first kappa shape index (κ1) is 24.3. The number of hydrogen-bond donors (Lipinski definition) is 2. The van der Waals surface area contributed by atoms with Gasteiger partial charge in [0, 0.05) is 13.1 Å². The second kappa shape index (κ2) is 9.92. The smallest absolute Gasteiger partial charge is 0.416 e. The minimum absolute atomic E-state index is 0.117. The fraction of sp³-hybridized carbons (Fsp3) is 0.458. The maximum atomic E-state index is 12.5. The first-order chi connectivity index (χ1) is 14.3. The molecule has 0 atom stereocenters. The lowest BCUT2D eigenvalue weighted by molar-refractivity contribution is -0.135. The topological polar surface area (TPSA) is 91.8 Å². The lowest BCUT2D eigenvalue weighted by Gasteiger charge is -2.26. The summed E-state index contributed by atoms with van der Waals surface area (Å²) in [4.78, 5) is 29.2. The summed E-state index contributed by atoms with van der Waals surface area (Å²) >= 11 is 0. The molecule has 0 spiro atoms. The van der Waals surface area contributed by atoms with E-state index in [1.54, 1.807) is 32.9 Å². The van der Waals surface area contributed by atoms with Crippen LogP contribution in [0.25, 0.3) is 0 Å². The quantitative estimate of drug-likeness (QED) is 0.676. The summed E-state index contributed by atoms with van der Waals surface area (Å²) in [6.07, 6.45) is -0.744.